The van der Waals surface area contributed by atoms with Crippen LogP contribution in [0.3, 0.4) is 0 Å². The van der Waals surface area contributed by atoms with Gasteiger partial charge in [0.15, 0.2) is 0 Å². The first-order valence-corrected chi connectivity index (χ1v) is 31.3. The van der Waals surface area contributed by atoms with Crippen LogP contribution in [0.2, 0.25) is 0 Å². The smallest absolute Gasteiger partial charge is 0.143 e. The molecule has 1 aliphatic rings. The molecule has 0 saturated heterocycles. The van der Waals surface area contributed by atoms with Crippen LogP contribution in [0.25, 0.3) is 55.0 Å². The Morgan fingerprint density at radius 2 is 0.632 bits per heavy atom. The van der Waals surface area contributed by atoms with Crippen LogP contribution in [0, 0.1) is 0 Å². The summed E-state index contributed by atoms with van der Waals surface area (Å²) in [5.41, 5.74) is 15.3. The SMILES string of the molecule is C=S(Cc1cc(C(C)(C)C)cc(-n2c3ccc(C(C)(C)C)cc3c3cc(C(C)(C)C)ccc32)c1O)[C@H]1CCCC[C@@H]1S(=C)Cc1cc(C(C)(C)C)cc(-n2c3ccc(C(C)(C)C)cc3c3cc(C(C)(C)C)ccc32)c1O. The van der Waals surface area contributed by atoms with E-state index in [1.54, 1.807) is 0 Å². The van der Waals surface area contributed by atoms with Crippen LogP contribution in [0.15, 0.2) is 97.1 Å². The third-order valence-electron chi connectivity index (χ3n) is 16.7. The maximum atomic E-state index is 12.8. The Kier molecular flexibility index (Phi) is 14.2. The summed E-state index contributed by atoms with van der Waals surface area (Å²) in [6.07, 6.45) is 4.52. The zero-order chi connectivity index (χ0) is 55.6. The van der Waals surface area contributed by atoms with Crippen molar-refractivity contribution in [2.75, 3.05) is 0 Å². The van der Waals surface area contributed by atoms with E-state index in [0.717, 1.165) is 57.4 Å². The number of phenols is 2. The number of nitrogens with zero attached hydrogens (tertiary/aromatic N) is 2. The summed E-state index contributed by atoms with van der Waals surface area (Å²) < 4.78 is 4.65. The number of aromatic hydroxyl groups is 2. The van der Waals surface area contributed by atoms with Gasteiger partial charge in [0.1, 0.15) is 11.5 Å². The van der Waals surface area contributed by atoms with Crippen molar-refractivity contribution in [3.8, 4) is 22.9 Å². The maximum absolute atomic E-state index is 12.8. The second kappa shape index (κ2) is 19.4. The van der Waals surface area contributed by atoms with Gasteiger partial charge in [-0.2, -0.15) is 21.0 Å². The van der Waals surface area contributed by atoms with Crippen molar-refractivity contribution in [2.45, 2.75) is 205 Å². The monoisotopic (exact) mass is 1050 g/mol. The zero-order valence-electron chi connectivity index (χ0n) is 49.7. The van der Waals surface area contributed by atoms with E-state index in [1.165, 1.54) is 67.8 Å². The van der Waals surface area contributed by atoms with Crippen LogP contribution in [-0.4, -0.2) is 41.6 Å². The minimum Gasteiger partial charge on any atom is -0.505 e. The van der Waals surface area contributed by atoms with Crippen molar-refractivity contribution in [2.24, 2.45) is 0 Å². The highest BCUT2D eigenvalue weighted by molar-refractivity contribution is 8.17. The molecule has 0 bridgehead atoms. The van der Waals surface area contributed by atoms with E-state index in [1.807, 2.05) is 0 Å². The minimum absolute atomic E-state index is 0.0123. The Bertz CT molecular complexity index is 3230. The molecule has 0 spiro atoms. The average molecular weight is 1060 g/mol. The van der Waals surface area contributed by atoms with Crippen molar-refractivity contribution in [1.29, 1.82) is 0 Å². The lowest BCUT2D eigenvalue weighted by Crippen LogP contribution is -2.27. The lowest BCUT2D eigenvalue weighted by Gasteiger charge is -2.36. The van der Waals surface area contributed by atoms with E-state index in [4.69, 9.17) is 11.7 Å². The zero-order valence-corrected chi connectivity index (χ0v) is 51.3. The molecule has 0 radical (unpaired) electrons. The molecule has 76 heavy (non-hydrogen) atoms. The fourth-order valence-electron chi connectivity index (χ4n) is 11.7. The van der Waals surface area contributed by atoms with Crippen LogP contribution >= 0.6 is 21.0 Å². The van der Waals surface area contributed by atoms with E-state index in [9.17, 15) is 10.2 Å². The van der Waals surface area contributed by atoms with E-state index in [0.29, 0.717) is 33.5 Å². The van der Waals surface area contributed by atoms with Crippen LogP contribution < -0.4 is 0 Å². The van der Waals surface area contributed by atoms with Gasteiger partial charge < -0.3 is 19.3 Å². The summed E-state index contributed by atoms with van der Waals surface area (Å²) in [6, 6.07) is 36.7. The van der Waals surface area contributed by atoms with Crippen molar-refractivity contribution < 1.29 is 10.2 Å². The molecule has 2 aromatic heterocycles. The lowest BCUT2D eigenvalue weighted by atomic mass is 9.85. The Morgan fingerprint density at radius 1 is 0.382 bits per heavy atom. The number of aromatic nitrogens is 2. The van der Waals surface area contributed by atoms with Gasteiger partial charge in [0.2, 0.25) is 0 Å². The molecule has 2 heterocycles. The predicted octanol–water partition coefficient (Wildman–Crippen LogP) is 19.5. The highest BCUT2D eigenvalue weighted by atomic mass is 32.2. The molecular weight excluding hydrogens is 965 g/mol. The van der Waals surface area contributed by atoms with E-state index in [-0.39, 0.29) is 53.5 Å². The van der Waals surface area contributed by atoms with Crippen LogP contribution in [0.1, 0.15) is 195 Å². The van der Waals surface area contributed by atoms with Gasteiger partial charge in [0.05, 0.1) is 33.4 Å². The number of hydrogen-bond donors (Lipinski definition) is 2. The lowest BCUT2D eigenvalue weighted by molar-refractivity contribution is 0.466. The standard InChI is InChI=1S/C70H90N2O2S2/c1-65(2,3)45-25-29-55-51(35-45)52-36-46(66(4,5)6)26-30-56(52)71(55)59-39-49(69(13,14)15)33-43(63(59)73)41-75(19)61-23-21-22-24-62(61)76(20)42-44-34-50(70(16,17)18)40-60(64(44)74)72-57-31-27-47(67(7,8)9)37-53(57)54-38-48(68(10,11)12)28-32-58(54)72/h25-40,61-62,73-74H,19-24,41-42H2,1-18H3/t61-,62-,75?,76?/m0/s1. The van der Waals surface area contributed by atoms with Gasteiger partial charge in [0.25, 0.3) is 0 Å². The van der Waals surface area contributed by atoms with Gasteiger partial charge in [-0.1, -0.05) is 186 Å². The summed E-state index contributed by atoms with van der Waals surface area (Å²) in [7, 11) is -0.634. The van der Waals surface area contributed by atoms with Crippen molar-refractivity contribution in [3.05, 3.63) is 142 Å². The third-order valence-corrected chi connectivity index (χ3v) is 21.1. The van der Waals surface area contributed by atoms with Gasteiger partial charge in [-0.3, -0.25) is 0 Å². The van der Waals surface area contributed by atoms with E-state index >= 15 is 0 Å². The molecule has 404 valence electrons. The van der Waals surface area contributed by atoms with Crippen molar-refractivity contribution in [1.82, 2.24) is 9.13 Å². The molecule has 1 saturated carbocycles. The number of benzene rings is 6. The second-order valence-corrected chi connectivity index (χ2v) is 32.8. The maximum Gasteiger partial charge on any atom is 0.143 e. The molecule has 1 aliphatic carbocycles. The average Bonchev–Trinajstić information content (AvgIpc) is 3.82. The summed E-state index contributed by atoms with van der Waals surface area (Å²) in [5, 5.41) is 31.2. The molecule has 0 amide bonds. The normalized spacial score (nSPS) is 17.3. The topological polar surface area (TPSA) is 50.3 Å². The van der Waals surface area contributed by atoms with Gasteiger partial charge in [-0.05, 0) is 139 Å². The Hall–Kier alpha value is -5.04. The van der Waals surface area contributed by atoms with Crippen LogP contribution in [0.4, 0.5) is 0 Å². The first-order valence-electron chi connectivity index (χ1n) is 28.0. The van der Waals surface area contributed by atoms with Gasteiger partial charge in [-0.15, -0.1) is 0 Å². The molecule has 4 nitrogen and oxygen atoms in total. The van der Waals surface area contributed by atoms with Crippen LogP contribution in [-0.2, 0) is 44.0 Å². The van der Waals surface area contributed by atoms with Gasteiger partial charge in [0, 0.05) is 54.7 Å². The highest BCUT2D eigenvalue weighted by Gasteiger charge is 2.32. The number of fused-ring (bicyclic) bond motifs is 6. The summed E-state index contributed by atoms with van der Waals surface area (Å²) in [6.45, 7) is 41.1. The highest BCUT2D eigenvalue weighted by Crippen LogP contribution is 2.49. The predicted molar refractivity (Wildman–Crippen MR) is 340 cm³/mol. The first-order chi connectivity index (χ1) is 35.1. The third kappa shape index (κ3) is 10.5. The number of rotatable bonds is 8. The molecule has 4 atom stereocenters. The molecule has 2 N–H and O–H groups in total. The molecule has 9 rings (SSSR count). The number of phenolic OH excluding ortho intramolecular Hbond substituents is 2. The quantitative estimate of drug-likeness (QED) is 0.149. The number of hydrogen-bond acceptors (Lipinski definition) is 2. The summed E-state index contributed by atoms with van der Waals surface area (Å²) in [5.74, 6) is 12.1. The van der Waals surface area contributed by atoms with Gasteiger partial charge in [-0.25, -0.2) is 0 Å². The Morgan fingerprint density at radius 3 is 0.868 bits per heavy atom. The van der Waals surface area contributed by atoms with E-state index < -0.39 is 0 Å². The molecule has 1 fully saturated rings. The molecule has 6 heteroatoms. The largest absolute Gasteiger partial charge is 0.505 e. The van der Waals surface area contributed by atoms with Crippen molar-refractivity contribution in [3.63, 3.8) is 0 Å². The second-order valence-electron chi connectivity index (χ2n) is 28.8. The van der Waals surface area contributed by atoms with Gasteiger partial charge >= 0.3 is 0 Å². The molecule has 8 aromatic rings. The Labute approximate surface area is 462 Å². The first kappa shape index (κ1) is 55.7. The summed E-state index contributed by atoms with van der Waals surface area (Å²) in [4.78, 5) is 0. The molecule has 0 aliphatic heterocycles. The molecule has 2 unspecified atom stereocenters. The minimum atomic E-state index is -0.317. The summed E-state index contributed by atoms with van der Waals surface area (Å²) >= 11 is 0. The fourth-order valence-corrected chi connectivity index (χ4v) is 16.4. The molecule has 6 aromatic carbocycles. The molecular formula is C70H90N2O2S2. The Balaban J connectivity index is 1.11. The van der Waals surface area contributed by atoms with Crippen LogP contribution in [0.5, 0.6) is 11.5 Å². The van der Waals surface area contributed by atoms with Crippen molar-refractivity contribution >= 4 is 76.3 Å². The fraction of sp³-hybridized carbons (Fsp3) is 0.457. The van der Waals surface area contributed by atoms with E-state index in [2.05, 4.69) is 231 Å².